The van der Waals surface area contributed by atoms with E-state index < -0.39 is 17.8 Å². The van der Waals surface area contributed by atoms with Gasteiger partial charge in [0.15, 0.2) is 0 Å². The molecule has 41 heavy (non-hydrogen) atoms. The van der Waals surface area contributed by atoms with Crippen LogP contribution in [0.1, 0.15) is 26.3 Å². The lowest BCUT2D eigenvalue weighted by Crippen LogP contribution is -2.61. The Morgan fingerprint density at radius 3 is 2.22 bits per heavy atom. The van der Waals surface area contributed by atoms with E-state index in [1.165, 1.54) is 0 Å². The van der Waals surface area contributed by atoms with Gasteiger partial charge in [0.25, 0.3) is 0 Å². The lowest BCUT2D eigenvalue weighted by molar-refractivity contribution is -0.00535. The topological polar surface area (TPSA) is 94.7 Å². The van der Waals surface area contributed by atoms with Crippen molar-refractivity contribution in [2.75, 3.05) is 57.7 Å². The number of nitrogens with zero attached hydrogens (tertiary/aromatic N) is 4. The molecule has 4 rings (SSSR count). The molecule has 0 saturated carbocycles. The van der Waals surface area contributed by atoms with Gasteiger partial charge in [0.2, 0.25) is 0 Å². The second kappa shape index (κ2) is 13.6. The van der Waals surface area contributed by atoms with E-state index in [2.05, 4.69) is 10.2 Å². The maximum atomic E-state index is 13.2. The zero-order valence-corrected chi connectivity index (χ0v) is 25.2. The third-order valence-corrected chi connectivity index (χ3v) is 7.61. The summed E-state index contributed by atoms with van der Waals surface area (Å²) in [6.07, 6.45) is -0.814. The minimum atomic E-state index is -0.618. The van der Waals surface area contributed by atoms with Crippen LogP contribution in [-0.2, 0) is 16.1 Å². The highest BCUT2D eigenvalue weighted by molar-refractivity contribution is 6.42. The highest BCUT2D eigenvalue weighted by Gasteiger charge is 2.37. The molecule has 1 unspecified atom stereocenters. The average Bonchev–Trinajstić information content (AvgIpc) is 2.93. The van der Waals surface area contributed by atoms with Crippen molar-refractivity contribution in [1.82, 2.24) is 19.6 Å². The highest BCUT2D eigenvalue weighted by Crippen LogP contribution is 2.25. The first-order chi connectivity index (χ1) is 19.5. The van der Waals surface area contributed by atoms with Crippen molar-refractivity contribution in [3.8, 4) is 0 Å². The lowest BCUT2D eigenvalue weighted by Gasteiger charge is -2.44. The second-order valence-corrected chi connectivity index (χ2v) is 12.0. The van der Waals surface area contributed by atoms with Crippen molar-refractivity contribution in [2.24, 2.45) is 0 Å². The highest BCUT2D eigenvalue weighted by atomic mass is 35.5. The van der Waals surface area contributed by atoms with Gasteiger partial charge in [-0.2, -0.15) is 0 Å². The second-order valence-electron chi connectivity index (χ2n) is 11.2. The molecule has 0 aliphatic carbocycles. The fourth-order valence-corrected chi connectivity index (χ4v) is 5.05. The molecule has 2 saturated heterocycles. The summed E-state index contributed by atoms with van der Waals surface area (Å²) in [6.45, 7) is 9.46. The molecule has 1 N–H and O–H groups in total. The minimum Gasteiger partial charge on any atom is -0.445 e. The monoisotopic (exact) mass is 605 g/mol. The van der Waals surface area contributed by atoms with Gasteiger partial charge in [-0.3, -0.25) is 4.90 Å². The van der Waals surface area contributed by atoms with E-state index in [1.807, 2.05) is 51.1 Å². The Labute approximate surface area is 251 Å². The first-order valence-electron chi connectivity index (χ1n) is 13.7. The minimum absolute atomic E-state index is 0.172. The summed E-state index contributed by atoms with van der Waals surface area (Å²) in [5.74, 6) is 0. The van der Waals surface area contributed by atoms with E-state index in [4.69, 9.17) is 32.7 Å². The van der Waals surface area contributed by atoms with Gasteiger partial charge < -0.3 is 29.5 Å². The number of hydrogen-bond donors (Lipinski definition) is 1. The van der Waals surface area contributed by atoms with Gasteiger partial charge >= 0.3 is 18.2 Å². The summed E-state index contributed by atoms with van der Waals surface area (Å²) in [5, 5.41) is 3.65. The predicted octanol–water partition coefficient (Wildman–Crippen LogP) is 5.40. The number of carbonyl (C=O) groups excluding carboxylic acids is 3. The van der Waals surface area contributed by atoms with Crippen LogP contribution in [0.15, 0.2) is 48.5 Å². The Bertz CT molecular complexity index is 1220. The molecular formula is C29H37Cl2N5O5. The Morgan fingerprint density at radius 2 is 1.56 bits per heavy atom. The maximum Gasteiger partial charge on any atom is 0.410 e. The van der Waals surface area contributed by atoms with Gasteiger partial charge in [-0.15, -0.1) is 0 Å². The molecule has 2 aliphatic rings. The number of piperazine rings is 2. The van der Waals surface area contributed by atoms with Crippen molar-refractivity contribution in [3.05, 3.63) is 64.1 Å². The van der Waals surface area contributed by atoms with Crippen LogP contribution < -0.4 is 5.32 Å². The van der Waals surface area contributed by atoms with Gasteiger partial charge in [-0.25, -0.2) is 14.4 Å². The van der Waals surface area contributed by atoms with E-state index in [9.17, 15) is 14.4 Å². The van der Waals surface area contributed by atoms with Crippen molar-refractivity contribution >= 4 is 47.1 Å². The first-order valence-corrected chi connectivity index (χ1v) is 14.4. The fraction of sp³-hybridized carbons (Fsp3) is 0.483. The molecule has 0 radical (unpaired) electrons. The smallest absolute Gasteiger partial charge is 0.410 e. The zero-order chi connectivity index (χ0) is 29.6. The molecule has 0 bridgehead atoms. The molecule has 1 atom stereocenters. The molecule has 4 amide bonds. The fourth-order valence-electron chi connectivity index (χ4n) is 4.75. The number of nitrogens with one attached hydrogen (secondary N) is 1. The van der Waals surface area contributed by atoms with Crippen LogP contribution in [0.2, 0.25) is 10.0 Å². The SMILES string of the molecule is CC(C)(C)OC(=O)N1CCN(C(=O)OCc2ccccc2)C(CN2CCN(C(=O)Nc3ccc(Cl)c(Cl)c3)CC2)C1. The number of anilines is 1. The number of rotatable bonds is 5. The van der Waals surface area contributed by atoms with E-state index in [-0.39, 0.29) is 18.7 Å². The molecule has 0 aromatic heterocycles. The summed E-state index contributed by atoms with van der Waals surface area (Å²) >= 11 is 12.0. The largest absolute Gasteiger partial charge is 0.445 e. The standard InChI is InChI=1S/C29H37Cl2N5O5/c1-29(2,3)41-27(38)35-15-16-36(28(39)40-20-21-7-5-4-6-8-21)23(19-35)18-33-11-13-34(14-12-33)26(37)32-22-9-10-24(30)25(31)17-22/h4-10,17,23H,11-16,18-20H2,1-3H3,(H,32,37). The van der Waals surface area contributed by atoms with Crippen LogP contribution in [0.5, 0.6) is 0 Å². The Kier molecular flexibility index (Phi) is 10.2. The van der Waals surface area contributed by atoms with Gasteiger partial charge in [0.05, 0.1) is 16.1 Å². The van der Waals surface area contributed by atoms with Crippen LogP contribution in [0.25, 0.3) is 0 Å². The molecule has 2 aromatic carbocycles. The van der Waals surface area contributed by atoms with Crippen LogP contribution in [0.3, 0.4) is 0 Å². The summed E-state index contributed by atoms with van der Waals surface area (Å²) in [6, 6.07) is 14.0. The van der Waals surface area contributed by atoms with Crippen LogP contribution in [-0.4, -0.2) is 102 Å². The summed E-state index contributed by atoms with van der Waals surface area (Å²) in [4.78, 5) is 46.1. The van der Waals surface area contributed by atoms with Crippen LogP contribution >= 0.6 is 23.2 Å². The van der Waals surface area contributed by atoms with E-state index in [0.29, 0.717) is 68.1 Å². The third kappa shape index (κ3) is 8.89. The van der Waals surface area contributed by atoms with Crippen LogP contribution in [0.4, 0.5) is 20.1 Å². The van der Waals surface area contributed by atoms with Gasteiger partial charge in [0.1, 0.15) is 12.2 Å². The van der Waals surface area contributed by atoms with E-state index >= 15 is 0 Å². The molecule has 0 spiro atoms. The van der Waals surface area contributed by atoms with Gasteiger partial charge in [0, 0.05) is 58.0 Å². The van der Waals surface area contributed by atoms with Crippen molar-refractivity contribution < 1.29 is 23.9 Å². The van der Waals surface area contributed by atoms with Gasteiger partial charge in [-0.1, -0.05) is 53.5 Å². The normalized spacial score (nSPS) is 18.2. The molecule has 10 nitrogen and oxygen atoms in total. The molecule has 2 aliphatic heterocycles. The molecular weight excluding hydrogens is 569 g/mol. The quantitative estimate of drug-likeness (QED) is 0.490. The van der Waals surface area contributed by atoms with Crippen molar-refractivity contribution in [2.45, 2.75) is 39.0 Å². The van der Waals surface area contributed by atoms with Gasteiger partial charge in [-0.05, 0) is 44.5 Å². The number of amides is 4. The maximum absolute atomic E-state index is 13.2. The number of urea groups is 1. The number of halogens is 2. The van der Waals surface area contributed by atoms with E-state index in [1.54, 1.807) is 32.9 Å². The Balaban J connectivity index is 1.36. The molecule has 2 aromatic rings. The summed E-state index contributed by atoms with van der Waals surface area (Å²) < 4.78 is 11.2. The Morgan fingerprint density at radius 1 is 0.878 bits per heavy atom. The number of benzene rings is 2. The van der Waals surface area contributed by atoms with E-state index in [0.717, 1.165) is 5.56 Å². The number of hydrogen-bond acceptors (Lipinski definition) is 6. The molecule has 2 heterocycles. The lowest BCUT2D eigenvalue weighted by atomic mass is 10.1. The average molecular weight is 607 g/mol. The summed E-state index contributed by atoms with van der Waals surface area (Å²) in [7, 11) is 0. The first kappa shape index (κ1) is 30.7. The third-order valence-electron chi connectivity index (χ3n) is 6.87. The Hall–Kier alpha value is -3.21. The zero-order valence-electron chi connectivity index (χ0n) is 23.6. The molecule has 222 valence electrons. The number of carbonyl (C=O) groups is 3. The van der Waals surface area contributed by atoms with Crippen molar-refractivity contribution in [1.29, 1.82) is 0 Å². The predicted molar refractivity (Wildman–Crippen MR) is 158 cm³/mol. The molecule has 2 fully saturated rings. The van der Waals surface area contributed by atoms with Crippen molar-refractivity contribution in [3.63, 3.8) is 0 Å². The summed E-state index contributed by atoms with van der Waals surface area (Å²) in [5.41, 5.74) is 0.855. The number of ether oxygens (including phenoxy) is 2. The molecule has 12 heteroatoms. The van der Waals surface area contributed by atoms with Crippen LogP contribution in [0, 0.1) is 0 Å².